The van der Waals surface area contributed by atoms with Crippen LogP contribution in [0.15, 0.2) is 24.3 Å². The van der Waals surface area contributed by atoms with Gasteiger partial charge in [-0.05, 0) is 25.5 Å². The highest BCUT2D eigenvalue weighted by atomic mass is 16.5. The van der Waals surface area contributed by atoms with Gasteiger partial charge < -0.3 is 15.0 Å². The van der Waals surface area contributed by atoms with Crippen molar-refractivity contribution in [3.05, 3.63) is 24.3 Å². The van der Waals surface area contributed by atoms with E-state index >= 15 is 0 Å². The van der Waals surface area contributed by atoms with Crippen LogP contribution in [0.3, 0.4) is 0 Å². The molecule has 1 aliphatic heterocycles. The van der Waals surface area contributed by atoms with E-state index in [1.807, 2.05) is 36.1 Å². The van der Waals surface area contributed by atoms with Crippen LogP contribution in [0.2, 0.25) is 0 Å². The standard InChI is InChI=1S/C15H22N2O2/c1-4-19-14-8-6-5-7-13(14)17-10-9-12(15(17)18)16-11(2)3/h5-8,11-12,16H,4,9-10H2,1-3H3. The molecule has 1 aliphatic rings. The summed E-state index contributed by atoms with van der Waals surface area (Å²) in [5.74, 6) is 0.921. The monoisotopic (exact) mass is 262 g/mol. The van der Waals surface area contributed by atoms with Gasteiger partial charge in [-0.2, -0.15) is 0 Å². The predicted octanol–water partition coefficient (Wildman–Crippen LogP) is 2.19. The Morgan fingerprint density at radius 3 is 2.84 bits per heavy atom. The number of ether oxygens (including phenoxy) is 1. The maximum atomic E-state index is 12.4. The van der Waals surface area contributed by atoms with Crippen molar-refractivity contribution in [3.8, 4) is 5.75 Å². The lowest BCUT2D eigenvalue weighted by atomic mass is 10.2. The molecule has 1 saturated heterocycles. The van der Waals surface area contributed by atoms with Gasteiger partial charge in [0.25, 0.3) is 0 Å². The first-order valence-electron chi connectivity index (χ1n) is 6.92. The molecule has 1 atom stereocenters. The van der Waals surface area contributed by atoms with Gasteiger partial charge in [-0.15, -0.1) is 0 Å². The second-order valence-corrected chi connectivity index (χ2v) is 5.05. The number of amides is 1. The molecule has 4 heteroatoms. The maximum absolute atomic E-state index is 12.4. The lowest BCUT2D eigenvalue weighted by Gasteiger charge is -2.21. The predicted molar refractivity (Wildman–Crippen MR) is 76.6 cm³/mol. The first kappa shape index (κ1) is 13.9. The number of benzene rings is 1. The zero-order chi connectivity index (χ0) is 13.8. The quantitative estimate of drug-likeness (QED) is 0.884. The largest absolute Gasteiger partial charge is 0.492 e. The van der Waals surface area contributed by atoms with Crippen molar-refractivity contribution in [1.29, 1.82) is 0 Å². The number of nitrogens with one attached hydrogen (secondary N) is 1. The fourth-order valence-electron chi connectivity index (χ4n) is 2.43. The molecule has 0 aromatic heterocycles. The Morgan fingerprint density at radius 1 is 1.42 bits per heavy atom. The van der Waals surface area contributed by atoms with Gasteiger partial charge in [-0.3, -0.25) is 4.79 Å². The van der Waals surface area contributed by atoms with Crippen molar-refractivity contribution >= 4 is 11.6 Å². The maximum Gasteiger partial charge on any atom is 0.244 e. The van der Waals surface area contributed by atoms with Crippen molar-refractivity contribution in [3.63, 3.8) is 0 Å². The summed E-state index contributed by atoms with van der Waals surface area (Å²) in [5, 5.41) is 3.31. The number of carbonyl (C=O) groups is 1. The molecule has 1 unspecified atom stereocenters. The summed E-state index contributed by atoms with van der Waals surface area (Å²) < 4.78 is 5.60. The normalized spacial score (nSPS) is 19.3. The first-order chi connectivity index (χ1) is 9.13. The highest BCUT2D eigenvalue weighted by Gasteiger charge is 2.33. The van der Waals surface area contributed by atoms with Crippen LogP contribution < -0.4 is 15.0 Å². The van der Waals surface area contributed by atoms with Gasteiger partial charge in [0, 0.05) is 12.6 Å². The van der Waals surface area contributed by atoms with Gasteiger partial charge in [0.15, 0.2) is 0 Å². The molecule has 1 aromatic carbocycles. The van der Waals surface area contributed by atoms with Gasteiger partial charge in [-0.25, -0.2) is 0 Å². The Bertz CT molecular complexity index is 446. The van der Waals surface area contributed by atoms with Gasteiger partial charge in [0.1, 0.15) is 5.75 Å². The minimum atomic E-state index is -0.0744. The topological polar surface area (TPSA) is 41.6 Å². The molecule has 1 heterocycles. The summed E-state index contributed by atoms with van der Waals surface area (Å²) >= 11 is 0. The number of hydrogen-bond acceptors (Lipinski definition) is 3. The number of para-hydroxylation sites is 2. The average molecular weight is 262 g/mol. The molecule has 1 amide bonds. The average Bonchev–Trinajstić information content (AvgIpc) is 2.72. The molecule has 1 aromatic rings. The van der Waals surface area contributed by atoms with Crippen LogP contribution in [-0.4, -0.2) is 31.1 Å². The number of hydrogen-bond donors (Lipinski definition) is 1. The number of rotatable bonds is 5. The third kappa shape index (κ3) is 3.07. The zero-order valence-corrected chi connectivity index (χ0v) is 11.8. The SMILES string of the molecule is CCOc1ccccc1N1CCC(NC(C)C)C1=O. The highest BCUT2D eigenvalue weighted by Crippen LogP contribution is 2.31. The second kappa shape index (κ2) is 6.06. The van der Waals surface area contributed by atoms with Gasteiger partial charge in [0.2, 0.25) is 5.91 Å². The van der Waals surface area contributed by atoms with E-state index in [-0.39, 0.29) is 11.9 Å². The van der Waals surface area contributed by atoms with Gasteiger partial charge in [-0.1, -0.05) is 26.0 Å². The summed E-state index contributed by atoms with van der Waals surface area (Å²) in [6, 6.07) is 7.97. The van der Waals surface area contributed by atoms with E-state index in [1.54, 1.807) is 0 Å². The van der Waals surface area contributed by atoms with Crippen LogP contribution in [0.25, 0.3) is 0 Å². The molecule has 1 N–H and O–H groups in total. The minimum Gasteiger partial charge on any atom is -0.492 e. The van der Waals surface area contributed by atoms with E-state index in [1.165, 1.54) is 0 Å². The molecule has 2 rings (SSSR count). The summed E-state index contributed by atoms with van der Waals surface area (Å²) in [7, 11) is 0. The second-order valence-electron chi connectivity index (χ2n) is 5.05. The van der Waals surface area contributed by atoms with E-state index in [0.717, 1.165) is 24.4 Å². The fourth-order valence-corrected chi connectivity index (χ4v) is 2.43. The first-order valence-corrected chi connectivity index (χ1v) is 6.92. The van der Waals surface area contributed by atoms with Crippen LogP contribution in [0.4, 0.5) is 5.69 Å². The van der Waals surface area contributed by atoms with E-state index in [2.05, 4.69) is 19.2 Å². The van der Waals surface area contributed by atoms with Crippen molar-refractivity contribution < 1.29 is 9.53 Å². The molecular weight excluding hydrogens is 240 g/mol. The third-order valence-corrected chi connectivity index (χ3v) is 3.20. The fraction of sp³-hybridized carbons (Fsp3) is 0.533. The van der Waals surface area contributed by atoms with Crippen molar-refractivity contribution in [1.82, 2.24) is 5.32 Å². The van der Waals surface area contributed by atoms with Crippen LogP contribution in [0, 0.1) is 0 Å². The Labute approximate surface area is 114 Å². The Hall–Kier alpha value is -1.55. The summed E-state index contributed by atoms with van der Waals surface area (Å²) in [6.45, 7) is 7.42. The van der Waals surface area contributed by atoms with E-state index in [4.69, 9.17) is 4.74 Å². The minimum absolute atomic E-state index is 0.0744. The van der Waals surface area contributed by atoms with E-state index < -0.39 is 0 Å². The van der Waals surface area contributed by atoms with Crippen molar-refractivity contribution in [2.24, 2.45) is 0 Å². The lowest BCUT2D eigenvalue weighted by molar-refractivity contribution is -0.119. The smallest absolute Gasteiger partial charge is 0.244 e. The molecule has 0 bridgehead atoms. The third-order valence-electron chi connectivity index (χ3n) is 3.20. The van der Waals surface area contributed by atoms with Crippen LogP contribution in [0.1, 0.15) is 27.2 Å². The number of nitrogens with zero attached hydrogens (tertiary/aromatic N) is 1. The highest BCUT2D eigenvalue weighted by molar-refractivity contribution is 6.00. The molecule has 0 radical (unpaired) electrons. The number of carbonyl (C=O) groups excluding carboxylic acids is 1. The molecule has 0 aliphatic carbocycles. The molecule has 19 heavy (non-hydrogen) atoms. The molecule has 1 fully saturated rings. The van der Waals surface area contributed by atoms with Crippen LogP contribution in [-0.2, 0) is 4.79 Å². The molecule has 104 valence electrons. The molecular formula is C15H22N2O2. The zero-order valence-electron chi connectivity index (χ0n) is 11.8. The lowest BCUT2D eigenvalue weighted by Crippen LogP contribution is -2.41. The molecule has 0 saturated carbocycles. The Kier molecular flexibility index (Phi) is 4.43. The number of anilines is 1. The van der Waals surface area contributed by atoms with Crippen LogP contribution >= 0.6 is 0 Å². The van der Waals surface area contributed by atoms with Gasteiger partial charge >= 0.3 is 0 Å². The Morgan fingerprint density at radius 2 is 2.16 bits per heavy atom. The van der Waals surface area contributed by atoms with Crippen molar-refractivity contribution in [2.45, 2.75) is 39.3 Å². The van der Waals surface area contributed by atoms with E-state index in [9.17, 15) is 4.79 Å². The summed E-state index contributed by atoms with van der Waals surface area (Å²) in [6.07, 6.45) is 0.845. The summed E-state index contributed by atoms with van der Waals surface area (Å²) in [5.41, 5.74) is 0.877. The molecule has 4 nitrogen and oxygen atoms in total. The summed E-state index contributed by atoms with van der Waals surface area (Å²) in [4.78, 5) is 14.2. The molecule has 0 spiro atoms. The van der Waals surface area contributed by atoms with Crippen LogP contribution in [0.5, 0.6) is 5.75 Å². The van der Waals surface area contributed by atoms with Gasteiger partial charge in [0.05, 0.1) is 18.3 Å². The Balaban J connectivity index is 2.17. The van der Waals surface area contributed by atoms with E-state index in [0.29, 0.717) is 12.6 Å². The van der Waals surface area contributed by atoms with Crippen molar-refractivity contribution in [2.75, 3.05) is 18.1 Å².